The normalized spacial score (nSPS) is 12.7. The molecule has 1 aromatic carbocycles. The van der Waals surface area contributed by atoms with Gasteiger partial charge in [0, 0.05) is 23.3 Å². The summed E-state index contributed by atoms with van der Waals surface area (Å²) in [6.45, 7) is 0.165. The second-order valence-electron chi connectivity index (χ2n) is 5.61. The first-order valence-electron chi connectivity index (χ1n) is 7.85. The average Bonchev–Trinajstić information content (AvgIpc) is 3.30. The first-order valence-corrected chi connectivity index (χ1v) is 8.73. The van der Waals surface area contributed by atoms with Gasteiger partial charge in [0.1, 0.15) is 11.5 Å². The molecule has 0 spiro atoms. The van der Waals surface area contributed by atoms with Crippen LogP contribution in [0.1, 0.15) is 16.1 Å². The van der Waals surface area contributed by atoms with E-state index in [0.717, 1.165) is 12.1 Å². The van der Waals surface area contributed by atoms with E-state index in [-0.39, 0.29) is 18.3 Å². The number of nitrogens with one attached hydrogen (secondary N) is 2. The molecule has 3 heterocycles. The van der Waals surface area contributed by atoms with Gasteiger partial charge in [-0.2, -0.15) is 13.2 Å². The highest BCUT2D eigenvalue weighted by Crippen LogP contribution is 2.35. The minimum absolute atomic E-state index is 0.00344. The lowest BCUT2D eigenvalue weighted by Crippen LogP contribution is -2.14. The number of carbonyl (C=O) groups excluding carboxylic acids is 1. The van der Waals surface area contributed by atoms with Crippen LogP contribution >= 0.6 is 11.3 Å². The molecule has 144 valence electrons. The van der Waals surface area contributed by atoms with Crippen molar-refractivity contribution in [1.29, 1.82) is 0 Å². The van der Waals surface area contributed by atoms with Crippen LogP contribution < -0.4 is 20.1 Å². The van der Waals surface area contributed by atoms with Crippen molar-refractivity contribution in [1.82, 2.24) is 9.97 Å². The van der Waals surface area contributed by atoms with Crippen molar-refractivity contribution in [3.63, 3.8) is 0 Å². The van der Waals surface area contributed by atoms with E-state index < -0.39 is 17.6 Å². The molecule has 28 heavy (non-hydrogen) atoms. The standard InChI is InChI=1S/C17H11F3N4O3S/c18-17(19,20)9-1-4-14(21-6-9)24-15(25)11-7-28-16(23-11)22-10-2-3-12-13(5-10)27-8-26-12/h1-7H,8H2,(H,22,23)(H,21,24,25). The highest BCUT2D eigenvalue weighted by molar-refractivity contribution is 7.14. The van der Waals surface area contributed by atoms with Crippen molar-refractivity contribution >= 4 is 33.9 Å². The van der Waals surface area contributed by atoms with Gasteiger partial charge in [0.2, 0.25) is 6.79 Å². The summed E-state index contributed by atoms with van der Waals surface area (Å²) < 4.78 is 48.2. The average molecular weight is 408 g/mol. The molecule has 0 atom stereocenters. The fraction of sp³-hybridized carbons (Fsp3) is 0.118. The van der Waals surface area contributed by atoms with E-state index in [1.165, 1.54) is 16.7 Å². The predicted molar refractivity (Wildman–Crippen MR) is 95.2 cm³/mol. The number of benzene rings is 1. The van der Waals surface area contributed by atoms with E-state index in [0.29, 0.717) is 28.5 Å². The number of rotatable bonds is 4. The maximum absolute atomic E-state index is 12.5. The van der Waals surface area contributed by atoms with Gasteiger partial charge in [0.15, 0.2) is 16.6 Å². The number of pyridine rings is 1. The van der Waals surface area contributed by atoms with Crippen molar-refractivity contribution in [2.24, 2.45) is 0 Å². The smallest absolute Gasteiger partial charge is 0.417 e. The Morgan fingerprint density at radius 1 is 1.14 bits per heavy atom. The summed E-state index contributed by atoms with van der Waals surface area (Å²) in [5, 5.41) is 7.44. The Balaban J connectivity index is 1.41. The molecule has 2 N–H and O–H groups in total. The third-order valence-electron chi connectivity index (χ3n) is 3.69. The summed E-state index contributed by atoms with van der Waals surface area (Å²) in [5.74, 6) is 0.667. The molecular weight excluding hydrogens is 397 g/mol. The van der Waals surface area contributed by atoms with Crippen molar-refractivity contribution in [3.8, 4) is 11.5 Å². The third-order valence-corrected chi connectivity index (χ3v) is 4.45. The molecule has 1 aliphatic rings. The number of hydrogen-bond donors (Lipinski definition) is 2. The molecule has 0 radical (unpaired) electrons. The number of alkyl halides is 3. The number of aromatic nitrogens is 2. The number of amides is 1. The number of carbonyl (C=O) groups is 1. The first kappa shape index (κ1) is 18.0. The number of thiazole rings is 1. The van der Waals surface area contributed by atoms with Crippen LogP contribution in [0, 0.1) is 0 Å². The number of anilines is 3. The third kappa shape index (κ3) is 3.83. The first-order chi connectivity index (χ1) is 13.4. The molecule has 2 aromatic heterocycles. The zero-order valence-electron chi connectivity index (χ0n) is 13.9. The van der Waals surface area contributed by atoms with E-state index in [1.54, 1.807) is 18.2 Å². The summed E-state index contributed by atoms with van der Waals surface area (Å²) >= 11 is 1.20. The summed E-state index contributed by atoms with van der Waals surface area (Å²) in [4.78, 5) is 20.0. The van der Waals surface area contributed by atoms with Crippen LogP contribution in [0.3, 0.4) is 0 Å². The Morgan fingerprint density at radius 2 is 1.96 bits per heavy atom. The SMILES string of the molecule is O=C(Nc1ccc(C(F)(F)F)cn1)c1csc(Nc2ccc3c(c2)OCO3)n1. The monoisotopic (exact) mass is 408 g/mol. The lowest BCUT2D eigenvalue weighted by Gasteiger charge is -2.07. The van der Waals surface area contributed by atoms with Crippen LogP contribution in [0.4, 0.5) is 29.8 Å². The second-order valence-corrected chi connectivity index (χ2v) is 6.47. The van der Waals surface area contributed by atoms with Crippen LogP contribution in [0.5, 0.6) is 11.5 Å². The topological polar surface area (TPSA) is 85.4 Å². The van der Waals surface area contributed by atoms with E-state index >= 15 is 0 Å². The minimum atomic E-state index is -4.49. The van der Waals surface area contributed by atoms with Crippen molar-refractivity contribution < 1.29 is 27.4 Å². The van der Waals surface area contributed by atoms with E-state index in [2.05, 4.69) is 20.6 Å². The Kier molecular flexibility index (Phi) is 4.51. The zero-order valence-corrected chi connectivity index (χ0v) is 14.7. The van der Waals surface area contributed by atoms with Crippen LogP contribution in [-0.4, -0.2) is 22.7 Å². The lowest BCUT2D eigenvalue weighted by molar-refractivity contribution is -0.137. The number of hydrogen-bond acceptors (Lipinski definition) is 7. The van der Waals surface area contributed by atoms with Gasteiger partial charge in [0.05, 0.1) is 5.56 Å². The molecule has 11 heteroatoms. The molecular formula is C17H11F3N4O3S. The van der Waals surface area contributed by atoms with Gasteiger partial charge < -0.3 is 20.1 Å². The van der Waals surface area contributed by atoms with Crippen molar-refractivity contribution in [3.05, 3.63) is 53.2 Å². The number of fused-ring (bicyclic) bond motifs is 1. The van der Waals surface area contributed by atoms with Crippen LogP contribution in [0.2, 0.25) is 0 Å². The molecule has 0 saturated heterocycles. The van der Waals surface area contributed by atoms with Crippen LogP contribution in [0.15, 0.2) is 41.9 Å². The Bertz CT molecular complexity index is 1020. The maximum atomic E-state index is 12.5. The fourth-order valence-corrected chi connectivity index (χ4v) is 3.06. The van der Waals surface area contributed by atoms with Gasteiger partial charge in [-0.25, -0.2) is 9.97 Å². The van der Waals surface area contributed by atoms with Crippen molar-refractivity contribution in [2.75, 3.05) is 17.4 Å². The number of ether oxygens (including phenoxy) is 2. The van der Waals surface area contributed by atoms with E-state index in [9.17, 15) is 18.0 Å². The lowest BCUT2D eigenvalue weighted by atomic mass is 10.3. The van der Waals surface area contributed by atoms with Crippen molar-refractivity contribution in [2.45, 2.75) is 6.18 Å². The summed E-state index contributed by atoms with van der Waals surface area (Å²) in [5.41, 5.74) is -0.0840. The Hall–Kier alpha value is -3.34. The molecule has 3 aromatic rings. The highest BCUT2D eigenvalue weighted by atomic mass is 32.1. The fourth-order valence-electron chi connectivity index (χ4n) is 2.35. The summed E-state index contributed by atoms with van der Waals surface area (Å²) in [7, 11) is 0. The molecule has 1 aliphatic heterocycles. The van der Waals surface area contributed by atoms with Gasteiger partial charge in [-0.3, -0.25) is 4.79 Å². The number of nitrogens with zero attached hydrogens (tertiary/aromatic N) is 2. The molecule has 0 aliphatic carbocycles. The quantitative estimate of drug-likeness (QED) is 0.670. The second kappa shape index (κ2) is 7.00. The number of halogens is 3. The molecule has 0 saturated carbocycles. The zero-order chi connectivity index (χ0) is 19.7. The van der Waals surface area contributed by atoms with Gasteiger partial charge in [-0.15, -0.1) is 11.3 Å². The molecule has 7 nitrogen and oxygen atoms in total. The summed E-state index contributed by atoms with van der Waals surface area (Å²) in [6.07, 6.45) is -3.83. The van der Waals surface area contributed by atoms with E-state index in [4.69, 9.17) is 9.47 Å². The van der Waals surface area contributed by atoms with E-state index in [1.807, 2.05) is 0 Å². The van der Waals surface area contributed by atoms with Gasteiger partial charge in [0.25, 0.3) is 5.91 Å². The van der Waals surface area contributed by atoms with Gasteiger partial charge >= 0.3 is 6.18 Å². The minimum Gasteiger partial charge on any atom is -0.454 e. The largest absolute Gasteiger partial charge is 0.454 e. The van der Waals surface area contributed by atoms with Crippen LogP contribution in [0.25, 0.3) is 0 Å². The highest BCUT2D eigenvalue weighted by Gasteiger charge is 2.30. The Morgan fingerprint density at radius 3 is 2.71 bits per heavy atom. The van der Waals surface area contributed by atoms with Crippen LogP contribution in [-0.2, 0) is 6.18 Å². The maximum Gasteiger partial charge on any atom is 0.417 e. The molecule has 1 amide bonds. The predicted octanol–water partition coefficient (Wildman–Crippen LogP) is 4.28. The van der Waals surface area contributed by atoms with Gasteiger partial charge in [-0.1, -0.05) is 0 Å². The van der Waals surface area contributed by atoms with Gasteiger partial charge in [-0.05, 0) is 24.3 Å². The molecule has 0 unspecified atom stereocenters. The molecule has 0 bridgehead atoms. The molecule has 4 rings (SSSR count). The summed E-state index contributed by atoms with van der Waals surface area (Å²) in [6, 6.07) is 7.20. The molecule has 0 fully saturated rings. The Labute approximate surface area is 160 Å².